The number of hydrogen-bond donors (Lipinski definition) is 1. The highest BCUT2D eigenvalue weighted by Gasteiger charge is 2.53. The molecule has 2 aliphatic heterocycles. The van der Waals surface area contributed by atoms with Crippen LogP contribution in [0.15, 0.2) is 29.2 Å². The summed E-state index contributed by atoms with van der Waals surface area (Å²) in [5, 5.41) is 4.10. The molecule has 3 rings (SSSR count). The van der Waals surface area contributed by atoms with Crippen LogP contribution in [0.5, 0.6) is 0 Å². The number of rotatable bonds is 6. The van der Waals surface area contributed by atoms with Crippen LogP contribution in [0.1, 0.15) is 47.0 Å². The number of carbonyl (C=O) groups excluding carboxylic acids is 1. The molecule has 0 aliphatic carbocycles. The molecule has 1 aromatic carbocycles. The normalized spacial score (nSPS) is 23.9. The van der Waals surface area contributed by atoms with Gasteiger partial charge < -0.3 is 4.90 Å². The van der Waals surface area contributed by atoms with Crippen molar-refractivity contribution >= 4 is 27.5 Å². The third-order valence-corrected chi connectivity index (χ3v) is 8.50. The van der Waals surface area contributed by atoms with Crippen LogP contribution < -0.4 is 5.32 Å². The number of hydrogen-bond acceptors (Lipinski definition) is 4. The molecule has 6 nitrogen and oxygen atoms in total. The summed E-state index contributed by atoms with van der Waals surface area (Å²) in [5.74, 6) is 0.741. The van der Waals surface area contributed by atoms with Crippen LogP contribution in [-0.2, 0) is 14.8 Å². The Morgan fingerprint density at radius 2 is 1.76 bits per heavy atom. The first-order valence-corrected chi connectivity index (χ1v) is 12.3. The summed E-state index contributed by atoms with van der Waals surface area (Å²) in [6.45, 7) is 9.86. The summed E-state index contributed by atoms with van der Waals surface area (Å²) in [7, 11) is -3.57. The molecule has 0 radical (unpaired) electrons. The fourth-order valence-corrected chi connectivity index (χ4v) is 5.80. The molecule has 1 aromatic rings. The smallest absolute Gasteiger partial charge is 0.243 e. The van der Waals surface area contributed by atoms with E-state index < -0.39 is 15.7 Å². The van der Waals surface area contributed by atoms with E-state index in [1.165, 1.54) is 4.31 Å². The van der Waals surface area contributed by atoms with Gasteiger partial charge in [0.1, 0.15) is 0 Å². The van der Waals surface area contributed by atoms with Crippen LogP contribution in [0, 0.1) is 11.8 Å². The number of sulfonamides is 1. The molecule has 0 aromatic heterocycles. The van der Waals surface area contributed by atoms with Crippen LogP contribution in [-0.4, -0.2) is 54.9 Å². The Balaban J connectivity index is 1.80. The maximum absolute atomic E-state index is 13.1. The summed E-state index contributed by atoms with van der Waals surface area (Å²) in [5.41, 5.74) is -0.457. The van der Waals surface area contributed by atoms with Gasteiger partial charge in [0, 0.05) is 24.7 Å². The molecule has 2 aliphatic rings. The van der Waals surface area contributed by atoms with Crippen molar-refractivity contribution in [2.24, 2.45) is 11.8 Å². The molecule has 1 N–H and O–H groups in total. The second-order valence-corrected chi connectivity index (χ2v) is 11.1. The summed E-state index contributed by atoms with van der Waals surface area (Å²) >= 11 is 5.90. The predicted molar refractivity (Wildman–Crippen MR) is 115 cm³/mol. The number of carbonyl (C=O) groups is 1. The van der Waals surface area contributed by atoms with Crippen LogP contribution in [0.3, 0.4) is 0 Å². The lowest BCUT2D eigenvalue weighted by Gasteiger charge is -2.45. The monoisotopic (exact) mass is 441 g/mol. The van der Waals surface area contributed by atoms with Crippen molar-refractivity contribution in [3.05, 3.63) is 29.3 Å². The Morgan fingerprint density at radius 3 is 2.28 bits per heavy atom. The van der Waals surface area contributed by atoms with E-state index in [4.69, 9.17) is 11.6 Å². The van der Waals surface area contributed by atoms with Gasteiger partial charge in [-0.25, -0.2) is 8.42 Å². The maximum atomic E-state index is 13.1. The number of piperidine rings is 1. The number of halogens is 1. The molecule has 0 saturated carbocycles. The summed E-state index contributed by atoms with van der Waals surface area (Å²) in [6, 6.07) is 6.07. The standard InChI is InChI=1S/C21H32ClN3O3S/c1-5-16(4)14-25-20(26)19(15(2)3)23-21(25)10-12-24(13-11-21)29(27,28)18-8-6-17(22)7-9-18/h6-9,15-16,19,23H,5,10-14H2,1-4H3/t16-,19-/m0/s1. The van der Waals surface area contributed by atoms with E-state index in [0.29, 0.717) is 43.4 Å². The zero-order valence-electron chi connectivity index (χ0n) is 17.7. The Kier molecular flexibility index (Phi) is 6.63. The van der Waals surface area contributed by atoms with Crippen molar-refractivity contribution in [2.45, 2.75) is 63.6 Å². The van der Waals surface area contributed by atoms with Crippen molar-refractivity contribution < 1.29 is 13.2 Å². The Bertz CT molecular complexity index is 833. The lowest BCUT2D eigenvalue weighted by Crippen LogP contribution is -2.60. The molecule has 2 atom stereocenters. The average molecular weight is 442 g/mol. The average Bonchev–Trinajstić information content (AvgIpc) is 2.95. The predicted octanol–water partition coefficient (Wildman–Crippen LogP) is 3.32. The largest absolute Gasteiger partial charge is 0.323 e. The van der Waals surface area contributed by atoms with Gasteiger partial charge in [0.25, 0.3) is 0 Å². The van der Waals surface area contributed by atoms with Gasteiger partial charge in [-0.3, -0.25) is 10.1 Å². The number of nitrogens with one attached hydrogen (secondary N) is 1. The molecule has 0 unspecified atom stereocenters. The first-order valence-electron chi connectivity index (χ1n) is 10.5. The van der Waals surface area contributed by atoms with Crippen molar-refractivity contribution in [3.63, 3.8) is 0 Å². The second-order valence-electron chi connectivity index (χ2n) is 8.72. The van der Waals surface area contributed by atoms with E-state index in [1.54, 1.807) is 24.3 Å². The van der Waals surface area contributed by atoms with Gasteiger partial charge in [0.2, 0.25) is 15.9 Å². The van der Waals surface area contributed by atoms with E-state index in [9.17, 15) is 13.2 Å². The minimum atomic E-state index is -3.57. The molecular weight excluding hydrogens is 410 g/mol. The minimum Gasteiger partial charge on any atom is -0.323 e. The van der Waals surface area contributed by atoms with Gasteiger partial charge in [-0.05, 0) is 48.9 Å². The Morgan fingerprint density at radius 1 is 1.17 bits per heavy atom. The van der Waals surface area contributed by atoms with Gasteiger partial charge in [-0.2, -0.15) is 4.31 Å². The Labute approximate surface area is 179 Å². The summed E-state index contributed by atoms with van der Waals surface area (Å²) < 4.78 is 27.6. The van der Waals surface area contributed by atoms with Gasteiger partial charge >= 0.3 is 0 Å². The molecule has 0 bridgehead atoms. The fourth-order valence-electron chi connectivity index (χ4n) is 4.23. The topological polar surface area (TPSA) is 69.7 Å². The SMILES string of the molecule is CC[C@H](C)CN1C(=O)[C@H](C(C)C)NC12CCN(S(=O)(=O)c1ccc(Cl)cc1)CC2. The van der Waals surface area contributed by atoms with E-state index in [0.717, 1.165) is 6.42 Å². The van der Waals surface area contributed by atoms with Gasteiger partial charge in [0.05, 0.1) is 16.6 Å². The summed E-state index contributed by atoms with van der Waals surface area (Å²) in [6.07, 6.45) is 2.18. The van der Waals surface area contributed by atoms with Crippen LogP contribution in [0.4, 0.5) is 0 Å². The first-order chi connectivity index (χ1) is 13.6. The second kappa shape index (κ2) is 8.53. The quantitative estimate of drug-likeness (QED) is 0.735. The van der Waals surface area contributed by atoms with Crippen LogP contribution in [0.25, 0.3) is 0 Å². The molecular formula is C21H32ClN3O3S. The molecule has 2 fully saturated rings. The third-order valence-electron chi connectivity index (χ3n) is 6.33. The van der Waals surface area contributed by atoms with Crippen molar-refractivity contribution in [1.82, 2.24) is 14.5 Å². The molecule has 29 heavy (non-hydrogen) atoms. The number of amides is 1. The number of nitrogens with zero attached hydrogens (tertiary/aromatic N) is 2. The fraction of sp³-hybridized carbons (Fsp3) is 0.667. The van der Waals surface area contributed by atoms with Gasteiger partial charge in [-0.1, -0.05) is 45.7 Å². The first kappa shape index (κ1) is 22.5. The van der Waals surface area contributed by atoms with Crippen molar-refractivity contribution in [1.29, 1.82) is 0 Å². The summed E-state index contributed by atoms with van der Waals surface area (Å²) in [4.78, 5) is 15.4. The highest BCUT2D eigenvalue weighted by Crippen LogP contribution is 2.36. The molecule has 1 amide bonds. The van der Waals surface area contributed by atoms with Gasteiger partial charge in [0.15, 0.2) is 0 Å². The molecule has 1 spiro atoms. The van der Waals surface area contributed by atoms with Gasteiger partial charge in [-0.15, -0.1) is 0 Å². The third kappa shape index (κ3) is 4.33. The molecule has 2 saturated heterocycles. The highest BCUT2D eigenvalue weighted by atomic mass is 35.5. The Hall–Kier alpha value is -1.15. The maximum Gasteiger partial charge on any atom is 0.243 e. The van der Waals surface area contributed by atoms with E-state index in [-0.39, 0.29) is 22.8 Å². The minimum absolute atomic E-state index is 0.148. The highest BCUT2D eigenvalue weighted by molar-refractivity contribution is 7.89. The lowest BCUT2D eigenvalue weighted by atomic mass is 9.95. The molecule has 2 heterocycles. The zero-order chi connectivity index (χ0) is 21.4. The lowest BCUT2D eigenvalue weighted by molar-refractivity contribution is -0.134. The van der Waals surface area contributed by atoms with Crippen LogP contribution in [0.2, 0.25) is 5.02 Å². The molecule has 8 heteroatoms. The van der Waals surface area contributed by atoms with Crippen molar-refractivity contribution in [3.8, 4) is 0 Å². The molecule has 162 valence electrons. The van der Waals surface area contributed by atoms with Crippen molar-refractivity contribution in [2.75, 3.05) is 19.6 Å². The van der Waals surface area contributed by atoms with E-state index in [2.05, 4.69) is 33.0 Å². The number of benzene rings is 1. The zero-order valence-corrected chi connectivity index (χ0v) is 19.3. The van der Waals surface area contributed by atoms with E-state index in [1.807, 2.05) is 4.90 Å². The van der Waals surface area contributed by atoms with E-state index >= 15 is 0 Å². The van der Waals surface area contributed by atoms with Crippen LogP contribution >= 0.6 is 11.6 Å².